The zero-order chi connectivity index (χ0) is 13.4. The summed E-state index contributed by atoms with van der Waals surface area (Å²) < 4.78 is 10.3. The Kier molecular flexibility index (Phi) is 6.22. The first-order chi connectivity index (χ1) is 8.69. The van der Waals surface area contributed by atoms with Crippen LogP contribution in [-0.4, -0.2) is 31.1 Å². The van der Waals surface area contributed by atoms with Crippen LogP contribution in [0.3, 0.4) is 0 Å². The molecule has 1 aromatic heterocycles. The van der Waals surface area contributed by atoms with Crippen LogP contribution in [0.15, 0.2) is 34.5 Å². The van der Waals surface area contributed by atoms with Crippen LogP contribution >= 0.6 is 0 Å². The number of allylic oxidation sites excluding steroid dienone is 1. The van der Waals surface area contributed by atoms with Crippen LogP contribution in [0.25, 0.3) is 0 Å². The smallest absolute Gasteiger partial charge is 0.249 e. The summed E-state index contributed by atoms with van der Waals surface area (Å²) >= 11 is 0. The van der Waals surface area contributed by atoms with E-state index in [4.69, 9.17) is 9.15 Å². The van der Waals surface area contributed by atoms with Gasteiger partial charge in [-0.2, -0.15) is 0 Å². The molecule has 1 amide bonds. The summed E-state index contributed by atoms with van der Waals surface area (Å²) in [6.45, 7) is 5.41. The Hall–Kier alpha value is -1.55. The van der Waals surface area contributed by atoms with Crippen LogP contribution in [0.4, 0.5) is 0 Å². The summed E-state index contributed by atoms with van der Waals surface area (Å²) in [4.78, 5) is 14.0. The van der Waals surface area contributed by atoms with Gasteiger partial charge in [0, 0.05) is 19.2 Å². The quantitative estimate of drug-likeness (QED) is 0.700. The molecule has 0 unspecified atom stereocenters. The first-order valence-corrected chi connectivity index (χ1v) is 6.16. The second-order valence-electron chi connectivity index (χ2n) is 4.09. The van der Waals surface area contributed by atoms with Gasteiger partial charge in [-0.25, -0.2) is 0 Å². The summed E-state index contributed by atoms with van der Waals surface area (Å²) in [5.41, 5.74) is 0.764. The number of nitrogens with zero attached hydrogens (tertiary/aromatic N) is 1. The lowest BCUT2D eigenvalue weighted by Crippen LogP contribution is -2.33. The van der Waals surface area contributed by atoms with E-state index in [0.29, 0.717) is 19.7 Å². The van der Waals surface area contributed by atoms with Crippen molar-refractivity contribution in [2.75, 3.05) is 20.3 Å². The van der Waals surface area contributed by atoms with Crippen LogP contribution in [0.5, 0.6) is 0 Å². The topological polar surface area (TPSA) is 42.7 Å². The molecule has 1 aromatic rings. The Morgan fingerprint density at radius 1 is 1.56 bits per heavy atom. The zero-order valence-electron chi connectivity index (χ0n) is 11.3. The molecule has 0 radical (unpaired) electrons. The highest BCUT2D eigenvalue weighted by Gasteiger charge is 2.16. The van der Waals surface area contributed by atoms with Crippen molar-refractivity contribution < 1.29 is 13.9 Å². The molecule has 0 saturated heterocycles. The van der Waals surface area contributed by atoms with Crippen molar-refractivity contribution >= 4 is 5.91 Å². The van der Waals surface area contributed by atoms with E-state index in [1.165, 1.54) is 0 Å². The van der Waals surface area contributed by atoms with E-state index in [1.807, 2.05) is 32.1 Å². The summed E-state index contributed by atoms with van der Waals surface area (Å²) in [6, 6.07) is 3.69. The molecular formula is C14H21NO3. The average molecular weight is 251 g/mol. The maximum absolute atomic E-state index is 12.2. The number of rotatable bonds is 7. The Balaban J connectivity index is 2.71. The molecule has 0 aliphatic heterocycles. The minimum absolute atomic E-state index is 0.0327. The molecule has 0 aliphatic rings. The van der Waals surface area contributed by atoms with Gasteiger partial charge in [-0.1, -0.05) is 13.0 Å². The van der Waals surface area contributed by atoms with Crippen LogP contribution in [0.1, 0.15) is 26.0 Å². The highest BCUT2D eigenvalue weighted by Crippen LogP contribution is 2.09. The number of methoxy groups -OCH3 is 1. The Bertz CT molecular complexity index is 382. The normalized spacial score (nSPS) is 11.6. The second kappa shape index (κ2) is 7.71. The van der Waals surface area contributed by atoms with E-state index >= 15 is 0 Å². The first-order valence-electron chi connectivity index (χ1n) is 6.16. The van der Waals surface area contributed by atoms with Gasteiger partial charge in [-0.3, -0.25) is 4.79 Å². The highest BCUT2D eigenvalue weighted by molar-refractivity contribution is 5.92. The van der Waals surface area contributed by atoms with Crippen LogP contribution in [-0.2, 0) is 16.1 Å². The van der Waals surface area contributed by atoms with Crippen molar-refractivity contribution in [2.45, 2.75) is 26.8 Å². The molecule has 4 nitrogen and oxygen atoms in total. The molecule has 1 rings (SSSR count). The highest BCUT2D eigenvalue weighted by atomic mass is 16.5. The number of amides is 1. The predicted octanol–water partition coefficient (Wildman–Crippen LogP) is 2.61. The maximum Gasteiger partial charge on any atom is 0.249 e. The fourth-order valence-electron chi connectivity index (χ4n) is 1.69. The first kappa shape index (κ1) is 14.5. The van der Waals surface area contributed by atoms with Gasteiger partial charge in [0.25, 0.3) is 0 Å². The molecule has 18 heavy (non-hydrogen) atoms. The third-order valence-electron chi connectivity index (χ3n) is 2.63. The number of ether oxygens (including phenoxy) is 1. The maximum atomic E-state index is 12.2. The molecule has 0 spiro atoms. The molecule has 0 atom stereocenters. The van der Waals surface area contributed by atoms with E-state index in [2.05, 4.69) is 0 Å². The van der Waals surface area contributed by atoms with Crippen LogP contribution < -0.4 is 0 Å². The minimum atomic E-state index is 0.0327. The lowest BCUT2D eigenvalue weighted by Gasteiger charge is -2.21. The van der Waals surface area contributed by atoms with Gasteiger partial charge in [0.05, 0.1) is 19.4 Å². The van der Waals surface area contributed by atoms with Crippen molar-refractivity contribution in [2.24, 2.45) is 0 Å². The van der Waals surface area contributed by atoms with E-state index < -0.39 is 0 Å². The monoisotopic (exact) mass is 251 g/mol. The number of carbonyl (C=O) groups excluding carboxylic acids is 1. The van der Waals surface area contributed by atoms with Gasteiger partial charge >= 0.3 is 0 Å². The Morgan fingerprint density at radius 2 is 2.33 bits per heavy atom. The fourth-order valence-corrected chi connectivity index (χ4v) is 1.69. The van der Waals surface area contributed by atoms with E-state index in [0.717, 1.165) is 17.8 Å². The zero-order valence-corrected chi connectivity index (χ0v) is 11.3. The lowest BCUT2D eigenvalue weighted by molar-refractivity contribution is -0.128. The largest absolute Gasteiger partial charge is 0.467 e. The standard InChI is InChI=1S/C14H21NO3/c1-4-6-12(2)14(16)15(8-10-17-3)11-13-7-5-9-18-13/h5-7,9H,4,8,10-11H2,1-3H3. The molecule has 100 valence electrons. The molecule has 0 aliphatic carbocycles. The van der Waals surface area contributed by atoms with Crippen molar-refractivity contribution in [3.8, 4) is 0 Å². The predicted molar refractivity (Wildman–Crippen MR) is 70.0 cm³/mol. The van der Waals surface area contributed by atoms with Crippen molar-refractivity contribution in [3.63, 3.8) is 0 Å². The number of carbonyl (C=O) groups is 1. The number of hydrogen-bond donors (Lipinski definition) is 0. The summed E-state index contributed by atoms with van der Waals surface area (Å²) in [7, 11) is 1.63. The molecule has 0 N–H and O–H groups in total. The summed E-state index contributed by atoms with van der Waals surface area (Å²) in [5.74, 6) is 0.814. The van der Waals surface area contributed by atoms with Crippen molar-refractivity contribution in [3.05, 3.63) is 35.8 Å². The average Bonchev–Trinajstić information content (AvgIpc) is 2.86. The number of furan rings is 1. The second-order valence-corrected chi connectivity index (χ2v) is 4.09. The van der Waals surface area contributed by atoms with E-state index in [-0.39, 0.29) is 5.91 Å². The summed E-state index contributed by atoms with van der Waals surface area (Å²) in [6.07, 6.45) is 4.41. The molecule has 0 saturated carbocycles. The third kappa shape index (κ3) is 4.37. The van der Waals surface area contributed by atoms with Crippen molar-refractivity contribution in [1.82, 2.24) is 4.90 Å². The van der Waals surface area contributed by atoms with Crippen LogP contribution in [0, 0.1) is 0 Å². The molecule has 0 aromatic carbocycles. The molecule has 1 heterocycles. The molecule has 0 fully saturated rings. The Morgan fingerprint density at radius 3 is 2.89 bits per heavy atom. The van der Waals surface area contributed by atoms with Gasteiger partial charge < -0.3 is 14.1 Å². The molecular weight excluding hydrogens is 230 g/mol. The van der Waals surface area contributed by atoms with Gasteiger partial charge in [-0.05, 0) is 25.5 Å². The van der Waals surface area contributed by atoms with Gasteiger partial charge in [0.2, 0.25) is 5.91 Å². The minimum Gasteiger partial charge on any atom is -0.467 e. The number of hydrogen-bond acceptors (Lipinski definition) is 3. The van der Waals surface area contributed by atoms with E-state index in [9.17, 15) is 4.79 Å². The molecule has 4 heteroatoms. The van der Waals surface area contributed by atoms with Gasteiger partial charge in [0.15, 0.2) is 0 Å². The van der Waals surface area contributed by atoms with Crippen molar-refractivity contribution in [1.29, 1.82) is 0 Å². The van der Waals surface area contributed by atoms with Crippen LogP contribution in [0.2, 0.25) is 0 Å². The Labute approximate surface area is 108 Å². The van der Waals surface area contributed by atoms with Gasteiger partial charge in [0.1, 0.15) is 5.76 Å². The van der Waals surface area contributed by atoms with E-state index in [1.54, 1.807) is 18.3 Å². The third-order valence-corrected chi connectivity index (χ3v) is 2.63. The molecule has 0 bridgehead atoms. The summed E-state index contributed by atoms with van der Waals surface area (Å²) in [5, 5.41) is 0. The van der Waals surface area contributed by atoms with Gasteiger partial charge in [-0.15, -0.1) is 0 Å². The fraction of sp³-hybridized carbons (Fsp3) is 0.500. The lowest BCUT2D eigenvalue weighted by atomic mass is 10.2. The SMILES string of the molecule is CCC=C(C)C(=O)N(CCOC)Cc1ccco1.